The highest BCUT2D eigenvalue weighted by atomic mass is 19.1. The maximum atomic E-state index is 13.0. The lowest BCUT2D eigenvalue weighted by atomic mass is 9.86. The first-order valence-corrected chi connectivity index (χ1v) is 7.09. The molecule has 2 amide bonds. The molecule has 0 saturated heterocycles. The molecular weight excluding hydrogens is 275 g/mol. The van der Waals surface area contributed by atoms with E-state index in [1.807, 2.05) is 0 Å². The van der Waals surface area contributed by atoms with Gasteiger partial charge in [0, 0.05) is 18.2 Å². The molecule has 1 aromatic rings. The van der Waals surface area contributed by atoms with Gasteiger partial charge >= 0.3 is 11.8 Å². The van der Waals surface area contributed by atoms with E-state index in [-0.39, 0.29) is 18.2 Å². The molecule has 5 nitrogen and oxygen atoms in total. The van der Waals surface area contributed by atoms with Crippen LogP contribution in [0.25, 0.3) is 0 Å². The molecule has 6 heteroatoms. The summed E-state index contributed by atoms with van der Waals surface area (Å²) in [5.74, 6) is -2.12. The van der Waals surface area contributed by atoms with Crippen LogP contribution in [0, 0.1) is 11.7 Å². The van der Waals surface area contributed by atoms with Gasteiger partial charge in [-0.1, -0.05) is 18.9 Å². The molecule has 0 aromatic heterocycles. The van der Waals surface area contributed by atoms with Crippen molar-refractivity contribution in [3.8, 4) is 0 Å². The molecule has 2 unspecified atom stereocenters. The van der Waals surface area contributed by atoms with Crippen molar-refractivity contribution in [2.45, 2.75) is 31.8 Å². The highest BCUT2D eigenvalue weighted by molar-refractivity contribution is 6.39. The van der Waals surface area contributed by atoms with Crippen molar-refractivity contribution in [1.29, 1.82) is 0 Å². The van der Waals surface area contributed by atoms with Crippen molar-refractivity contribution in [3.63, 3.8) is 0 Å². The zero-order chi connectivity index (χ0) is 15.2. The molecule has 2 rings (SSSR count). The second kappa shape index (κ2) is 7.17. The topological polar surface area (TPSA) is 78.4 Å². The summed E-state index contributed by atoms with van der Waals surface area (Å²) in [7, 11) is 0. The molecule has 21 heavy (non-hydrogen) atoms. The summed E-state index contributed by atoms with van der Waals surface area (Å²) in [6.07, 6.45) is 3.16. The Bertz CT molecular complexity index is 521. The van der Waals surface area contributed by atoms with Crippen LogP contribution in [0.3, 0.4) is 0 Å². The minimum absolute atomic E-state index is 0.00957. The lowest BCUT2D eigenvalue weighted by Crippen LogP contribution is -2.41. The number of halogens is 1. The first kappa shape index (κ1) is 15.4. The van der Waals surface area contributed by atoms with Gasteiger partial charge < -0.3 is 15.7 Å². The molecule has 0 spiro atoms. The van der Waals surface area contributed by atoms with Gasteiger partial charge in [0.2, 0.25) is 0 Å². The van der Waals surface area contributed by atoms with E-state index in [1.165, 1.54) is 18.2 Å². The molecule has 2 atom stereocenters. The number of amides is 2. The van der Waals surface area contributed by atoms with Gasteiger partial charge in [0.25, 0.3) is 0 Å². The molecule has 1 aromatic carbocycles. The number of carbonyl (C=O) groups is 2. The van der Waals surface area contributed by atoms with E-state index in [1.54, 1.807) is 0 Å². The molecule has 114 valence electrons. The Hall–Kier alpha value is -1.95. The Morgan fingerprint density at radius 3 is 2.71 bits per heavy atom. The van der Waals surface area contributed by atoms with Gasteiger partial charge in [-0.3, -0.25) is 9.59 Å². The maximum Gasteiger partial charge on any atom is 0.313 e. The third-order valence-corrected chi connectivity index (χ3v) is 3.68. The van der Waals surface area contributed by atoms with E-state index < -0.39 is 23.7 Å². The van der Waals surface area contributed by atoms with Crippen LogP contribution in [-0.4, -0.2) is 29.6 Å². The summed E-state index contributed by atoms with van der Waals surface area (Å²) in [4.78, 5) is 23.4. The van der Waals surface area contributed by atoms with Crippen LogP contribution in [-0.2, 0) is 9.59 Å². The van der Waals surface area contributed by atoms with Crippen LogP contribution in [0.2, 0.25) is 0 Å². The van der Waals surface area contributed by atoms with Crippen molar-refractivity contribution in [3.05, 3.63) is 30.1 Å². The van der Waals surface area contributed by atoms with Crippen LogP contribution in [0.4, 0.5) is 10.1 Å². The minimum Gasteiger partial charge on any atom is -0.393 e. The van der Waals surface area contributed by atoms with Crippen molar-refractivity contribution in [1.82, 2.24) is 5.32 Å². The first-order chi connectivity index (χ1) is 10.1. The average Bonchev–Trinajstić information content (AvgIpc) is 2.46. The van der Waals surface area contributed by atoms with Gasteiger partial charge in [0.1, 0.15) is 5.82 Å². The fraction of sp³-hybridized carbons (Fsp3) is 0.467. The zero-order valence-corrected chi connectivity index (χ0v) is 11.6. The molecule has 0 aliphatic heterocycles. The predicted molar refractivity (Wildman–Crippen MR) is 76.0 cm³/mol. The molecular formula is C15H19FN2O3. The van der Waals surface area contributed by atoms with Gasteiger partial charge in [0.05, 0.1) is 6.10 Å². The van der Waals surface area contributed by atoms with Crippen molar-refractivity contribution in [2.24, 2.45) is 5.92 Å². The monoisotopic (exact) mass is 294 g/mol. The van der Waals surface area contributed by atoms with Crippen molar-refractivity contribution in [2.75, 3.05) is 11.9 Å². The zero-order valence-electron chi connectivity index (χ0n) is 11.6. The second-order valence-corrected chi connectivity index (χ2v) is 5.29. The SMILES string of the molecule is O=C(NCC1CCCCC1O)C(=O)Nc1cccc(F)c1. The Morgan fingerprint density at radius 2 is 2.00 bits per heavy atom. The normalized spacial score (nSPS) is 21.6. The van der Waals surface area contributed by atoms with Crippen LogP contribution in [0.1, 0.15) is 25.7 Å². The molecule has 1 aliphatic carbocycles. The number of anilines is 1. The number of aliphatic hydroxyl groups is 1. The Balaban J connectivity index is 1.81. The Kier molecular flexibility index (Phi) is 5.27. The predicted octanol–water partition coefficient (Wildman–Crippen LogP) is 1.43. The fourth-order valence-corrected chi connectivity index (χ4v) is 2.48. The molecule has 1 fully saturated rings. The number of nitrogens with one attached hydrogen (secondary N) is 2. The smallest absolute Gasteiger partial charge is 0.313 e. The van der Waals surface area contributed by atoms with E-state index in [9.17, 15) is 19.1 Å². The van der Waals surface area contributed by atoms with E-state index in [4.69, 9.17) is 0 Å². The first-order valence-electron chi connectivity index (χ1n) is 7.09. The minimum atomic E-state index is -0.842. The fourth-order valence-electron chi connectivity index (χ4n) is 2.48. The van der Waals surface area contributed by atoms with Gasteiger partial charge in [-0.05, 0) is 31.0 Å². The van der Waals surface area contributed by atoms with Gasteiger partial charge in [-0.25, -0.2) is 4.39 Å². The third kappa shape index (κ3) is 4.53. The molecule has 1 aliphatic rings. The van der Waals surface area contributed by atoms with E-state index in [2.05, 4.69) is 10.6 Å². The van der Waals surface area contributed by atoms with Crippen molar-refractivity contribution >= 4 is 17.5 Å². The molecule has 0 radical (unpaired) electrons. The lowest BCUT2D eigenvalue weighted by Gasteiger charge is -2.27. The van der Waals surface area contributed by atoms with Gasteiger partial charge in [-0.2, -0.15) is 0 Å². The largest absolute Gasteiger partial charge is 0.393 e. The number of hydrogen-bond acceptors (Lipinski definition) is 3. The van der Waals surface area contributed by atoms with Crippen LogP contribution in [0.15, 0.2) is 24.3 Å². The average molecular weight is 294 g/mol. The molecule has 1 saturated carbocycles. The number of hydrogen-bond donors (Lipinski definition) is 3. The summed E-state index contributed by atoms with van der Waals surface area (Å²) >= 11 is 0. The number of carbonyl (C=O) groups excluding carboxylic acids is 2. The second-order valence-electron chi connectivity index (χ2n) is 5.29. The maximum absolute atomic E-state index is 13.0. The third-order valence-electron chi connectivity index (χ3n) is 3.68. The summed E-state index contributed by atoms with van der Waals surface area (Å²) in [6.45, 7) is 0.274. The summed E-state index contributed by atoms with van der Waals surface area (Å²) < 4.78 is 13.0. The Labute approximate surface area is 122 Å². The molecule has 3 N–H and O–H groups in total. The highest BCUT2D eigenvalue weighted by Crippen LogP contribution is 2.23. The van der Waals surface area contributed by atoms with Gasteiger partial charge in [-0.15, -0.1) is 0 Å². The number of rotatable bonds is 3. The highest BCUT2D eigenvalue weighted by Gasteiger charge is 2.24. The van der Waals surface area contributed by atoms with E-state index >= 15 is 0 Å². The van der Waals surface area contributed by atoms with Crippen LogP contribution in [0.5, 0.6) is 0 Å². The van der Waals surface area contributed by atoms with E-state index in [0.29, 0.717) is 0 Å². The summed E-state index contributed by atoms with van der Waals surface area (Å²) in [5.41, 5.74) is 0.229. The van der Waals surface area contributed by atoms with E-state index in [0.717, 1.165) is 31.7 Å². The van der Waals surface area contributed by atoms with Crippen molar-refractivity contribution < 1.29 is 19.1 Å². The van der Waals surface area contributed by atoms with Crippen LogP contribution >= 0.6 is 0 Å². The van der Waals surface area contributed by atoms with Gasteiger partial charge in [0.15, 0.2) is 0 Å². The standard InChI is InChI=1S/C15H19FN2O3/c16-11-5-3-6-12(8-11)18-15(21)14(20)17-9-10-4-1-2-7-13(10)19/h3,5-6,8,10,13,19H,1-2,4,7,9H2,(H,17,20)(H,18,21). The summed E-state index contributed by atoms with van der Waals surface area (Å²) in [6, 6.07) is 5.33. The lowest BCUT2D eigenvalue weighted by molar-refractivity contribution is -0.136. The quantitative estimate of drug-likeness (QED) is 0.738. The summed E-state index contributed by atoms with van der Waals surface area (Å²) in [5, 5.41) is 14.6. The molecule has 0 bridgehead atoms. The number of aliphatic hydroxyl groups excluding tert-OH is 1. The number of benzene rings is 1. The molecule has 0 heterocycles. The Morgan fingerprint density at radius 1 is 1.24 bits per heavy atom. The van der Waals surface area contributed by atoms with Crippen LogP contribution < -0.4 is 10.6 Å².